The highest BCUT2D eigenvalue weighted by Crippen LogP contribution is 2.38. The molecule has 1 aromatic carbocycles. The first-order valence-electron chi connectivity index (χ1n) is 4.11. The first kappa shape index (κ1) is 12.1. The normalized spacial score (nSPS) is 13.9. The molecule has 0 amide bonds. The zero-order valence-corrected chi connectivity index (χ0v) is 8.31. The van der Waals surface area contributed by atoms with Crippen molar-refractivity contribution in [3.63, 3.8) is 0 Å². The molecule has 0 saturated heterocycles. The van der Waals surface area contributed by atoms with Crippen LogP contribution >= 0.6 is 11.6 Å². The summed E-state index contributed by atoms with van der Waals surface area (Å²) < 4.78 is 37.4. The molecular weight excluding hydrogens is 231 g/mol. The van der Waals surface area contributed by atoms with Gasteiger partial charge in [-0.25, -0.2) is 0 Å². The summed E-state index contributed by atoms with van der Waals surface area (Å²) in [4.78, 5) is 0. The minimum Gasteiger partial charge on any atom is -0.508 e. The minimum absolute atomic E-state index is 0.175. The largest absolute Gasteiger partial charge is 0.508 e. The van der Waals surface area contributed by atoms with Gasteiger partial charge in [-0.15, -0.1) is 0 Å². The van der Waals surface area contributed by atoms with Crippen LogP contribution in [0.5, 0.6) is 5.75 Å². The molecule has 0 aromatic heterocycles. The van der Waals surface area contributed by atoms with Crippen molar-refractivity contribution in [2.75, 3.05) is 6.54 Å². The van der Waals surface area contributed by atoms with Crippen molar-refractivity contribution in [2.45, 2.75) is 12.1 Å². The van der Waals surface area contributed by atoms with Crippen LogP contribution in [0.4, 0.5) is 13.2 Å². The van der Waals surface area contributed by atoms with Gasteiger partial charge in [-0.05, 0) is 12.1 Å². The van der Waals surface area contributed by atoms with E-state index in [2.05, 4.69) is 0 Å². The van der Waals surface area contributed by atoms with E-state index < -0.39 is 24.4 Å². The molecule has 0 spiro atoms. The quantitative estimate of drug-likeness (QED) is 0.834. The third-order valence-electron chi connectivity index (χ3n) is 2.00. The molecule has 15 heavy (non-hydrogen) atoms. The van der Waals surface area contributed by atoms with Crippen molar-refractivity contribution in [2.24, 2.45) is 5.73 Å². The molecule has 0 aliphatic heterocycles. The number of hydrogen-bond acceptors (Lipinski definition) is 2. The molecule has 1 atom stereocenters. The van der Waals surface area contributed by atoms with Gasteiger partial charge in [0.25, 0.3) is 0 Å². The van der Waals surface area contributed by atoms with Crippen LogP contribution in [0.1, 0.15) is 11.5 Å². The standard InChI is InChI=1S/C9H9ClF3NO/c10-5-1-2-6(8(15)3-5)7(4-14)9(11,12)13/h1-3,7,15H,4,14H2. The first-order chi connectivity index (χ1) is 6.86. The van der Waals surface area contributed by atoms with E-state index in [1.165, 1.54) is 6.07 Å². The topological polar surface area (TPSA) is 46.2 Å². The SMILES string of the molecule is NCC(c1ccc(Cl)cc1O)C(F)(F)F. The first-order valence-corrected chi connectivity index (χ1v) is 4.49. The number of phenols is 1. The second-order valence-corrected chi connectivity index (χ2v) is 3.47. The number of alkyl halides is 3. The van der Waals surface area contributed by atoms with Gasteiger partial charge < -0.3 is 10.8 Å². The van der Waals surface area contributed by atoms with Crippen molar-refractivity contribution < 1.29 is 18.3 Å². The Hall–Kier alpha value is -0.940. The van der Waals surface area contributed by atoms with Crippen LogP contribution in [-0.2, 0) is 0 Å². The summed E-state index contributed by atoms with van der Waals surface area (Å²) in [5, 5.41) is 9.49. The number of hydrogen-bond donors (Lipinski definition) is 2. The van der Waals surface area contributed by atoms with E-state index >= 15 is 0 Å². The maximum Gasteiger partial charge on any atom is 0.397 e. The molecule has 1 rings (SSSR count). The smallest absolute Gasteiger partial charge is 0.397 e. The van der Waals surface area contributed by atoms with Crippen molar-refractivity contribution in [3.05, 3.63) is 28.8 Å². The van der Waals surface area contributed by atoms with Gasteiger partial charge >= 0.3 is 6.18 Å². The highest BCUT2D eigenvalue weighted by atomic mass is 35.5. The van der Waals surface area contributed by atoms with E-state index in [-0.39, 0.29) is 10.6 Å². The van der Waals surface area contributed by atoms with E-state index in [1.54, 1.807) is 0 Å². The summed E-state index contributed by atoms with van der Waals surface area (Å²) in [6.45, 7) is -0.612. The van der Waals surface area contributed by atoms with Crippen molar-refractivity contribution >= 4 is 11.6 Å². The average Bonchev–Trinajstić information content (AvgIpc) is 2.07. The molecule has 2 nitrogen and oxygen atoms in total. The molecule has 84 valence electrons. The molecule has 0 bridgehead atoms. The highest BCUT2D eigenvalue weighted by molar-refractivity contribution is 6.30. The molecule has 0 aliphatic carbocycles. The van der Waals surface area contributed by atoms with Crippen molar-refractivity contribution in [3.8, 4) is 5.75 Å². The summed E-state index contributed by atoms with van der Waals surface area (Å²) in [5.41, 5.74) is 4.78. The second kappa shape index (κ2) is 4.28. The van der Waals surface area contributed by atoms with E-state index in [1.807, 2.05) is 0 Å². The summed E-state index contributed by atoms with van der Waals surface area (Å²) in [7, 11) is 0. The molecular formula is C9H9ClF3NO. The van der Waals surface area contributed by atoms with Gasteiger partial charge in [0.05, 0.1) is 5.92 Å². The Kier molecular flexibility index (Phi) is 3.46. The molecule has 0 radical (unpaired) electrons. The highest BCUT2D eigenvalue weighted by Gasteiger charge is 2.40. The van der Waals surface area contributed by atoms with Crippen LogP contribution in [-0.4, -0.2) is 17.8 Å². The van der Waals surface area contributed by atoms with Crippen LogP contribution in [0, 0.1) is 0 Å². The number of aromatic hydroxyl groups is 1. The van der Waals surface area contributed by atoms with Gasteiger partial charge in [-0.3, -0.25) is 0 Å². The average molecular weight is 240 g/mol. The molecule has 0 aliphatic rings. The van der Waals surface area contributed by atoms with Crippen LogP contribution in [0.15, 0.2) is 18.2 Å². The Morgan fingerprint density at radius 1 is 1.40 bits per heavy atom. The third kappa shape index (κ3) is 2.76. The fourth-order valence-corrected chi connectivity index (χ4v) is 1.41. The Morgan fingerprint density at radius 2 is 2.00 bits per heavy atom. The number of halogens is 4. The van der Waals surface area contributed by atoms with Gasteiger partial charge in [0.2, 0.25) is 0 Å². The van der Waals surface area contributed by atoms with Gasteiger partial charge in [0, 0.05) is 17.1 Å². The molecule has 1 aromatic rings. The van der Waals surface area contributed by atoms with Gasteiger partial charge in [-0.1, -0.05) is 17.7 Å². The summed E-state index contributed by atoms with van der Waals surface area (Å²) in [6, 6.07) is 3.47. The van der Waals surface area contributed by atoms with Crippen molar-refractivity contribution in [1.82, 2.24) is 0 Å². The van der Waals surface area contributed by atoms with Crippen molar-refractivity contribution in [1.29, 1.82) is 0 Å². The Balaban J connectivity index is 3.13. The predicted molar refractivity (Wildman–Crippen MR) is 51.0 cm³/mol. The zero-order valence-electron chi connectivity index (χ0n) is 7.55. The van der Waals surface area contributed by atoms with E-state index in [4.69, 9.17) is 17.3 Å². The molecule has 0 saturated carbocycles. The van der Waals surface area contributed by atoms with E-state index in [0.29, 0.717) is 0 Å². The summed E-state index contributed by atoms with van der Waals surface area (Å²) in [5.74, 6) is -2.36. The maximum atomic E-state index is 12.5. The van der Waals surface area contributed by atoms with Crippen LogP contribution in [0.25, 0.3) is 0 Å². The summed E-state index contributed by atoms with van der Waals surface area (Å²) >= 11 is 5.51. The lowest BCUT2D eigenvalue weighted by atomic mass is 9.98. The molecule has 1 unspecified atom stereocenters. The second-order valence-electron chi connectivity index (χ2n) is 3.03. The van der Waals surface area contributed by atoms with E-state index in [9.17, 15) is 18.3 Å². The van der Waals surface area contributed by atoms with E-state index in [0.717, 1.165) is 12.1 Å². The number of benzene rings is 1. The number of nitrogens with two attached hydrogens (primary N) is 1. The fraction of sp³-hybridized carbons (Fsp3) is 0.333. The number of phenolic OH excluding ortho intramolecular Hbond substituents is 1. The monoisotopic (exact) mass is 239 g/mol. The van der Waals surface area contributed by atoms with Gasteiger partial charge in [0.15, 0.2) is 0 Å². The minimum atomic E-state index is -4.47. The molecule has 0 heterocycles. The predicted octanol–water partition coefficient (Wildman–Crippen LogP) is 2.65. The van der Waals surface area contributed by atoms with Gasteiger partial charge in [-0.2, -0.15) is 13.2 Å². The Morgan fingerprint density at radius 3 is 2.40 bits per heavy atom. The lowest BCUT2D eigenvalue weighted by molar-refractivity contribution is -0.148. The Labute approximate surface area is 89.5 Å². The number of rotatable bonds is 2. The van der Waals surface area contributed by atoms with Crippen LogP contribution < -0.4 is 5.73 Å². The van der Waals surface area contributed by atoms with Crippen LogP contribution in [0.3, 0.4) is 0 Å². The molecule has 0 fully saturated rings. The summed E-state index contributed by atoms with van der Waals surface area (Å²) in [6.07, 6.45) is -4.47. The zero-order chi connectivity index (χ0) is 11.6. The van der Waals surface area contributed by atoms with Gasteiger partial charge in [0.1, 0.15) is 5.75 Å². The maximum absolute atomic E-state index is 12.5. The van der Waals surface area contributed by atoms with Crippen LogP contribution in [0.2, 0.25) is 5.02 Å². The Bertz CT molecular complexity index is 354. The third-order valence-corrected chi connectivity index (χ3v) is 2.23. The molecule has 3 N–H and O–H groups in total. The lowest BCUT2D eigenvalue weighted by Crippen LogP contribution is -2.28. The fourth-order valence-electron chi connectivity index (χ4n) is 1.25. The lowest BCUT2D eigenvalue weighted by Gasteiger charge is -2.19. The molecule has 6 heteroatoms.